The Hall–Kier alpha value is -1.45. The van der Waals surface area contributed by atoms with E-state index < -0.39 is 0 Å². The maximum absolute atomic E-state index is 12.4. The molecule has 4 heteroatoms. The van der Waals surface area contributed by atoms with E-state index in [1.165, 1.54) is 11.8 Å². The molecule has 2 rings (SSSR count). The molecule has 0 aromatic heterocycles. The average molecular weight is 306 g/mol. The van der Waals surface area contributed by atoms with E-state index in [0.29, 0.717) is 5.02 Å². The van der Waals surface area contributed by atoms with Crippen LogP contribution in [0.15, 0.2) is 59.5 Å². The largest absolute Gasteiger partial charge is 0.348 e. The molecular formula is C16H16ClNOS. The third-order valence-corrected chi connectivity index (χ3v) is 4.34. The number of likely N-dealkylation sites (N-methyl/N-ethyl adjacent to an activating group) is 1. The van der Waals surface area contributed by atoms with E-state index in [-0.39, 0.29) is 11.2 Å². The molecule has 0 saturated carbocycles. The van der Waals surface area contributed by atoms with Crippen molar-refractivity contribution in [2.45, 2.75) is 10.1 Å². The summed E-state index contributed by atoms with van der Waals surface area (Å²) in [6, 6.07) is 17.4. The van der Waals surface area contributed by atoms with Crippen LogP contribution in [-0.4, -0.2) is 24.9 Å². The van der Waals surface area contributed by atoms with Crippen LogP contribution in [0.3, 0.4) is 0 Å². The van der Waals surface area contributed by atoms with Gasteiger partial charge >= 0.3 is 0 Å². The number of rotatable bonds is 4. The van der Waals surface area contributed by atoms with E-state index in [4.69, 9.17) is 11.6 Å². The molecule has 0 aliphatic carbocycles. The predicted molar refractivity (Wildman–Crippen MR) is 85.2 cm³/mol. The molecule has 20 heavy (non-hydrogen) atoms. The molecule has 2 aromatic carbocycles. The maximum atomic E-state index is 12.4. The van der Waals surface area contributed by atoms with Gasteiger partial charge in [0.05, 0.1) is 0 Å². The SMILES string of the molecule is CN(C)C(=O)C(Sc1ccc(Cl)cc1)c1ccccc1. The number of halogens is 1. The van der Waals surface area contributed by atoms with Gasteiger partial charge in [0.15, 0.2) is 0 Å². The molecule has 0 spiro atoms. The minimum absolute atomic E-state index is 0.0798. The molecule has 0 saturated heterocycles. The first kappa shape index (κ1) is 14.9. The van der Waals surface area contributed by atoms with Crippen molar-refractivity contribution in [2.75, 3.05) is 14.1 Å². The van der Waals surface area contributed by atoms with Crippen LogP contribution in [0.25, 0.3) is 0 Å². The van der Waals surface area contributed by atoms with Gasteiger partial charge in [0.2, 0.25) is 5.91 Å². The van der Waals surface area contributed by atoms with E-state index in [0.717, 1.165) is 10.5 Å². The number of carbonyl (C=O) groups is 1. The van der Waals surface area contributed by atoms with Crippen molar-refractivity contribution in [1.82, 2.24) is 4.90 Å². The molecule has 2 aromatic rings. The van der Waals surface area contributed by atoms with Crippen molar-refractivity contribution in [3.63, 3.8) is 0 Å². The molecule has 2 nitrogen and oxygen atoms in total. The lowest BCUT2D eigenvalue weighted by atomic mass is 10.1. The normalized spacial score (nSPS) is 11.9. The Balaban J connectivity index is 2.28. The topological polar surface area (TPSA) is 20.3 Å². The molecule has 0 aliphatic heterocycles. The van der Waals surface area contributed by atoms with Crippen LogP contribution in [0.4, 0.5) is 0 Å². The van der Waals surface area contributed by atoms with Crippen LogP contribution in [0.2, 0.25) is 5.02 Å². The Morgan fingerprint density at radius 3 is 2.20 bits per heavy atom. The van der Waals surface area contributed by atoms with Gasteiger partial charge in [0.25, 0.3) is 0 Å². The zero-order chi connectivity index (χ0) is 14.5. The molecule has 1 atom stereocenters. The predicted octanol–water partition coefficient (Wildman–Crippen LogP) is 4.26. The van der Waals surface area contributed by atoms with Crippen molar-refractivity contribution in [3.05, 3.63) is 65.2 Å². The van der Waals surface area contributed by atoms with Gasteiger partial charge in [-0.25, -0.2) is 0 Å². The smallest absolute Gasteiger partial charge is 0.240 e. The summed E-state index contributed by atoms with van der Waals surface area (Å²) in [5.41, 5.74) is 1.01. The first-order chi connectivity index (χ1) is 9.58. The Bertz CT molecular complexity index is 569. The molecule has 0 bridgehead atoms. The molecule has 0 radical (unpaired) electrons. The van der Waals surface area contributed by atoms with Crippen LogP contribution in [-0.2, 0) is 4.79 Å². The van der Waals surface area contributed by atoms with Gasteiger partial charge in [-0.15, -0.1) is 11.8 Å². The summed E-state index contributed by atoms with van der Waals surface area (Å²) in [7, 11) is 3.56. The lowest BCUT2D eigenvalue weighted by Crippen LogP contribution is -2.26. The van der Waals surface area contributed by atoms with Gasteiger partial charge in [-0.1, -0.05) is 41.9 Å². The summed E-state index contributed by atoms with van der Waals surface area (Å²) < 4.78 is 0. The molecule has 1 unspecified atom stereocenters. The summed E-state index contributed by atoms with van der Waals surface area (Å²) in [6.45, 7) is 0. The third-order valence-electron chi connectivity index (χ3n) is 2.83. The molecule has 1 amide bonds. The van der Waals surface area contributed by atoms with Crippen LogP contribution in [0, 0.1) is 0 Å². The molecule has 104 valence electrons. The highest BCUT2D eigenvalue weighted by Crippen LogP contribution is 2.36. The van der Waals surface area contributed by atoms with Crippen molar-refractivity contribution in [3.8, 4) is 0 Å². The fourth-order valence-electron chi connectivity index (χ4n) is 1.77. The minimum atomic E-state index is -0.243. The highest BCUT2D eigenvalue weighted by atomic mass is 35.5. The Morgan fingerprint density at radius 1 is 1.05 bits per heavy atom. The van der Waals surface area contributed by atoms with Crippen LogP contribution in [0.1, 0.15) is 10.8 Å². The first-order valence-electron chi connectivity index (χ1n) is 6.26. The van der Waals surface area contributed by atoms with E-state index >= 15 is 0 Å². The summed E-state index contributed by atoms with van der Waals surface area (Å²) in [4.78, 5) is 15.0. The van der Waals surface area contributed by atoms with Crippen molar-refractivity contribution < 1.29 is 4.79 Å². The van der Waals surface area contributed by atoms with Gasteiger partial charge < -0.3 is 4.90 Å². The summed E-state index contributed by atoms with van der Waals surface area (Å²) in [6.07, 6.45) is 0. The Kier molecular flexibility index (Phi) is 5.10. The number of thioether (sulfide) groups is 1. The molecule has 0 heterocycles. The van der Waals surface area contributed by atoms with Crippen molar-refractivity contribution >= 4 is 29.3 Å². The van der Waals surface area contributed by atoms with Crippen molar-refractivity contribution in [2.24, 2.45) is 0 Å². The average Bonchev–Trinajstić information content (AvgIpc) is 2.47. The fraction of sp³-hybridized carbons (Fsp3) is 0.188. The zero-order valence-corrected chi connectivity index (χ0v) is 13.0. The number of hydrogen-bond acceptors (Lipinski definition) is 2. The van der Waals surface area contributed by atoms with Crippen LogP contribution < -0.4 is 0 Å². The number of hydrogen-bond donors (Lipinski definition) is 0. The van der Waals surface area contributed by atoms with E-state index in [1.54, 1.807) is 19.0 Å². The molecule has 0 fully saturated rings. The quantitative estimate of drug-likeness (QED) is 0.787. The Morgan fingerprint density at radius 2 is 1.65 bits per heavy atom. The number of nitrogens with zero attached hydrogens (tertiary/aromatic N) is 1. The van der Waals surface area contributed by atoms with E-state index in [1.807, 2.05) is 54.6 Å². The first-order valence-corrected chi connectivity index (χ1v) is 7.52. The fourth-order valence-corrected chi connectivity index (χ4v) is 3.07. The standard InChI is InChI=1S/C16H16ClNOS/c1-18(2)16(19)15(12-6-4-3-5-7-12)20-14-10-8-13(17)9-11-14/h3-11,15H,1-2H3. The minimum Gasteiger partial charge on any atom is -0.348 e. The second kappa shape index (κ2) is 6.82. The number of carbonyl (C=O) groups excluding carboxylic acids is 1. The lowest BCUT2D eigenvalue weighted by molar-refractivity contribution is -0.128. The summed E-state index contributed by atoms with van der Waals surface area (Å²) >= 11 is 7.43. The zero-order valence-electron chi connectivity index (χ0n) is 11.4. The maximum Gasteiger partial charge on any atom is 0.240 e. The highest BCUT2D eigenvalue weighted by molar-refractivity contribution is 8.00. The van der Waals surface area contributed by atoms with Gasteiger partial charge in [0, 0.05) is 24.0 Å². The van der Waals surface area contributed by atoms with Gasteiger partial charge in [-0.2, -0.15) is 0 Å². The van der Waals surface area contributed by atoms with Gasteiger partial charge in [-0.05, 0) is 29.8 Å². The second-order valence-corrected chi connectivity index (χ2v) is 6.21. The monoisotopic (exact) mass is 305 g/mol. The Labute approximate surface area is 128 Å². The van der Waals surface area contributed by atoms with E-state index in [9.17, 15) is 4.79 Å². The van der Waals surface area contributed by atoms with E-state index in [2.05, 4.69) is 0 Å². The van der Waals surface area contributed by atoms with Crippen molar-refractivity contribution in [1.29, 1.82) is 0 Å². The second-order valence-electron chi connectivity index (χ2n) is 4.60. The molecule has 0 N–H and O–H groups in total. The number of benzene rings is 2. The molecule has 0 aliphatic rings. The summed E-state index contributed by atoms with van der Waals surface area (Å²) in [5, 5.41) is 0.455. The van der Waals surface area contributed by atoms with Gasteiger partial charge in [-0.3, -0.25) is 4.79 Å². The highest BCUT2D eigenvalue weighted by Gasteiger charge is 2.23. The summed E-state index contributed by atoms with van der Waals surface area (Å²) in [5.74, 6) is 0.0798. The molecular weight excluding hydrogens is 290 g/mol. The lowest BCUT2D eigenvalue weighted by Gasteiger charge is -2.20. The van der Waals surface area contributed by atoms with Gasteiger partial charge in [0.1, 0.15) is 5.25 Å². The number of amides is 1. The third kappa shape index (κ3) is 3.78. The van der Waals surface area contributed by atoms with Crippen LogP contribution >= 0.6 is 23.4 Å². The van der Waals surface area contributed by atoms with Crippen LogP contribution in [0.5, 0.6) is 0 Å².